The minimum Gasteiger partial charge on any atom is -0.352 e. The van der Waals surface area contributed by atoms with Crippen LogP contribution in [0.1, 0.15) is 25.3 Å². The molecule has 1 aliphatic rings. The predicted molar refractivity (Wildman–Crippen MR) is 99.1 cm³/mol. The van der Waals surface area contributed by atoms with Gasteiger partial charge in [-0.25, -0.2) is 0 Å². The maximum Gasteiger partial charge on any atom is 0.236 e. The highest BCUT2D eigenvalue weighted by molar-refractivity contribution is 5.78. The van der Waals surface area contributed by atoms with Crippen molar-refractivity contribution in [3.63, 3.8) is 0 Å². The molecule has 1 fully saturated rings. The molecule has 0 aromatic heterocycles. The molecule has 0 saturated carbocycles. The Morgan fingerprint density at radius 3 is 2.72 bits per heavy atom. The molecule has 1 saturated heterocycles. The number of nitrogens with one attached hydrogen (secondary N) is 1. The lowest BCUT2D eigenvalue weighted by Gasteiger charge is -2.34. The van der Waals surface area contributed by atoms with Gasteiger partial charge in [0, 0.05) is 45.7 Å². The number of hydrogen-bond donors (Lipinski definition) is 2. The third-order valence-electron chi connectivity index (χ3n) is 4.55. The molecular formula is C19H30N4O2. The summed E-state index contributed by atoms with van der Waals surface area (Å²) < 4.78 is 0. The molecule has 138 valence electrons. The molecule has 0 aliphatic carbocycles. The molecule has 1 aromatic carbocycles. The molecule has 1 heterocycles. The van der Waals surface area contributed by atoms with E-state index in [1.807, 2.05) is 23.1 Å². The van der Waals surface area contributed by atoms with Crippen molar-refractivity contribution < 1.29 is 9.59 Å². The zero-order chi connectivity index (χ0) is 18.1. The summed E-state index contributed by atoms with van der Waals surface area (Å²) in [6.07, 6.45) is 2.77. The van der Waals surface area contributed by atoms with Crippen LogP contribution in [0.2, 0.25) is 0 Å². The van der Waals surface area contributed by atoms with Gasteiger partial charge in [0.2, 0.25) is 11.8 Å². The highest BCUT2D eigenvalue weighted by atomic mass is 16.2. The summed E-state index contributed by atoms with van der Waals surface area (Å²) in [5, 5.41) is 2.93. The van der Waals surface area contributed by atoms with E-state index < -0.39 is 0 Å². The summed E-state index contributed by atoms with van der Waals surface area (Å²) in [6.45, 7) is 5.34. The van der Waals surface area contributed by atoms with Crippen molar-refractivity contribution in [2.75, 3.05) is 39.3 Å². The second-order valence-electron chi connectivity index (χ2n) is 6.68. The predicted octanol–water partition coefficient (Wildman–Crippen LogP) is 0.617. The Morgan fingerprint density at radius 1 is 1.28 bits per heavy atom. The van der Waals surface area contributed by atoms with E-state index in [-0.39, 0.29) is 17.9 Å². The average Bonchev–Trinajstić information content (AvgIpc) is 2.60. The van der Waals surface area contributed by atoms with Gasteiger partial charge in [0.1, 0.15) is 0 Å². The van der Waals surface area contributed by atoms with Crippen LogP contribution in [0.25, 0.3) is 0 Å². The van der Waals surface area contributed by atoms with Gasteiger partial charge in [0.15, 0.2) is 0 Å². The van der Waals surface area contributed by atoms with E-state index in [1.165, 1.54) is 12.5 Å². The van der Waals surface area contributed by atoms with E-state index in [4.69, 9.17) is 5.73 Å². The average molecular weight is 346 g/mol. The van der Waals surface area contributed by atoms with Crippen LogP contribution in [0.15, 0.2) is 30.3 Å². The molecule has 0 spiro atoms. The van der Waals surface area contributed by atoms with E-state index >= 15 is 0 Å². The van der Waals surface area contributed by atoms with E-state index in [0.717, 1.165) is 32.4 Å². The lowest BCUT2D eigenvalue weighted by Crippen LogP contribution is -2.51. The first kappa shape index (κ1) is 19.4. The number of rotatable bonds is 8. The first-order valence-corrected chi connectivity index (χ1v) is 9.09. The Hall–Kier alpha value is -1.92. The van der Waals surface area contributed by atoms with Crippen LogP contribution in [0.4, 0.5) is 0 Å². The van der Waals surface area contributed by atoms with Gasteiger partial charge in [0.25, 0.3) is 0 Å². The summed E-state index contributed by atoms with van der Waals surface area (Å²) in [6, 6.07) is 10.3. The van der Waals surface area contributed by atoms with Crippen LogP contribution >= 0.6 is 0 Å². The molecular weight excluding hydrogens is 316 g/mol. The fraction of sp³-hybridized carbons (Fsp3) is 0.579. The zero-order valence-corrected chi connectivity index (χ0v) is 15.1. The standard InChI is InChI=1S/C19H30N4O2/c1-16(24)21-18-8-5-11-23(14-18)19(25)15-22(13-10-20)12-9-17-6-3-2-4-7-17/h2-4,6-7,18H,5,8-15,20H2,1H3,(H,21,24). The Kier molecular flexibility index (Phi) is 7.88. The molecule has 6 nitrogen and oxygen atoms in total. The fourth-order valence-corrected chi connectivity index (χ4v) is 3.28. The monoisotopic (exact) mass is 346 g/mol. The Balaban J connectivity index is 1.85. The van der Waals surface area contributed by atoms with Crippen molar-refractivity contribution in [1.82, 2.24) is 15.1 Å². The van der Waals surface area contributed by atoms with Crippen molar-refractivity contribution in [3.05, 3.63) is 35.9 Å². The number of piperidine rings is 1. The maximum atomic E-state index is 12.7. The molecule has 0 radical (unpaired) electrons. The fourth-order valence-electron chi connectivity index (χ4n) is 3.28. The van der Waals surface area contributed by atoms with E-state index in [1.54, 1.807) is 0 Å². The van der Waals surface area contributed by atoms with E-state index in [2.05, 4.69) is 22.3 Å². The van der Waals surface area contributed by atoms with Gasteiger partial charge in [-0.1, -0.05) is 30.3 Å². The first-order valence-electron chi connectivity index (χ1n) is 9.09. The molecule has 1 unspecified atom stereocenters. The molecule has 2 rings (SSSR count). The van der Waals surface area contributed by atoms with Crippen LogP contribution in [0.5, 0.6) is 0 Å². The highest BCUT2D eigenvalue weighted by Gasteiger charge is 2.25. The number of hydrogen-bond acceptors (Lipinski definition) is 4. The minimum atomic E-state index is -0.0353. The second-order valence-corrected chi connectivity index (χ2v) is 6.68. The summed E-state index contributed by atoms with van der Waals surface area (Å²) in [7, 11) is 0. The number of carbonyl (C=O) groups excluding carboxylic acids is 2. The summed E-state index contributed by atoms with van der Waals surface area (Å²) in [4.78, 5) is 27.9. The number of benzene rings is 1. The van der Waals surface area contributed by atoms with Crippen molar-refractivity contribution in [3.8, 4) is 0 Å². The van der Waals surface area contributed by atoms with Crippen LogP contribution in [0.3, 0.4) is 0 Å². The lowest BCUT2D eigenvalue weighted by molar-refractivity contribution is -0.134. The molecule has 1 atom stereocenters. The molecule has 1 aromatic rings. The quantitative estimate of drug-likeness (QED) is 0.723. The highest BCUT2D eigenvalue weighted by Crippen LogP contribution is 2.11. The summed E-state index contributed by atoms with van der Waals surface area (Å²) in [5.74, 6) is 0.0866. The number of amides is 2. The van der Waals surface area contributed by atoms with E-state index in [9.17, 15) is 9.59 Å². The van der Waals surface area contributed by atoms with Crippen LogP contribution in [0, 0.1) is 0 Å². The van der Waals surface area contributed by atoms with Crippen molar-refractivity contribution >= 4 is 11.8 Å². The topological polar surface area (TPSA) is 78.7 Å². The maximum absolute atomic E-state index is 12.7. The van der Waals surface area contributed by atoms with Crippen LogP contribution < -0.4 is 11.1 Å². The van der Waals surface area contributed by atoms with Gasteiger partial charge in [-0.2, -0.15) is 0 Å². The Bertz CT molecular complexity index is 550. The third kappa shape index (κ3) is 6.84. The molecule has 0 bridgehead atoms. The lowest BCUT2D eigenvalue weighted by atomic mass is 10.1. The minimum absolute atomic E-state index is 0.0353. The van der Waals surface area contributed by atoms with Crippen molar-refractivity contribution in [1.29, 1.82) is 0 Å². The SMILES string of the molecule is CC(=O)NC1CCCN(C(=O)CN(CCN)CCc2ccccc2)C1. The van der Waals surface area contributed by atoms with Gasteiger partial charge in [-0.15, -0.1) is 0 Å². The number of nitrogens with zero attached hydrogens (tertiary/aromatic N) is 2. The molecule has 6 heteroatoms. The Morgan fingerprint density at radius 2 is 2.04 bits per heavy atom. The number of carbonyl (C=O) groups is 2. The van der Waals surface area contributed by atoms with Crippen LogP contribution in [-0.2, 0) is 16.0 Å². The smallest absolute Gasteiger partial charge is 0.236 e. The first-order chi connectivity index (χ1) is 12.1. The number of nitrogens with two attached hydrogens (primary N) is 1. The Labute approximate surface area is 150 Å². The van der Waals surface area contributed by atoms with Gasteiger partial charge < -0.3 is 16.0 Å². The van der Waals surface area contributed by atoms with E-state index in [0.29, 0.717) is 26.2 Å². The van der Waals surface area contributed by atoms with Crippen molar-refractivity contribution in [2.45, 2.75) is 32.2 Å². The van der Waals surface area contributed by atoms with Gasteiger partial charge >= 0.3 is 0 Å². The molecule has 2 amide bonds. The summed E-state index contributed by atoms with van der Waals surface area (Å²) >= 11 is 0. The normalized spacial score (nSPS) is 17.6. The van der Waals surface area contributed by atoms with Gasteiger partial charge in [-0.05, 0) is 24.8 Å². The molecule has 3 N–H and O–H groups in total. The van der Waals surface area contributed by atoms with Gasteiger partial charge in [-0.3, -0.25) is 14.5 Å². The largest absolute Gasteiger partial charge is 0.352 e. The van der Waals surface area contributed by atoms with Crippen molar-refractivity contribution in [2.24, 2.45) is 5.73 Å². The zero-order valence-electron chi connectivity index (χ0n) is 15.1. The number of likely N-dealkylation sites (tertiary alicyclic amines) is 1. The molecule has 25 heavy (non-hydrogen) atoms. The van der Waals surface area contributed by atoms with Gasteiger partial charge in [0.05, 0.1) is 6.54 Å². The summed E-state index contributed by atoms with van der Waals surface area (Å²) in [5.41, 5.74) is 6.98. The second kappa shape index (κ2) is 10.2. The molecule has 1 aliphatic heterocycles. The van der Waals surface area contributed by atoms with Crippen LogP contribution in [-0.4, -0.2) is 66.9 Å². The third-order valence-corrected chi connectivity index (χ3v) is 4.55.